The molecular formula is C15H24Cl2N2O. The number of nitrogens with two attached hydrogens (primary N) is 1. The molecule has 20 heavy (non-hydrogen) atoms. The molecule has 1 aromatic rings. The minimum Gasteiger partial charge on any atom is -0.355 e. The van der Waals surface area contributed by atoms with Gasteiger partial charge in [-0.3, -0.25) is 4.79 Å². The molecule has 0 saturated carbocycles. The summed E-state index contributed by atoms with van der Waals surface area (Å²) in [6, 6.07) is 7.30. The fourth-order valence-electron chi connectivity index (χ4n) is 1.66. The number of carbonyl (C=O) groups excluding carboxylic acids is 1. The first kappa shape index (κ1) is 19.2. The predicted octanol–water partition coefficient (Wildman–Crippen LogP) is 3.18. The van der Waals surface area contributed by atoms with Crippen LogP contribution in [0.2, 0.25) is 5.02 Å². The highest BCUT2D eigenvalue weighted by atomic mass is 35.5. The maximum Gasteiger partial charge on any atom is 0.237 e. The zero-order valence-corrected chi connectivity index (χ0v) is 13.9. The molecule has 1 amide bonds. The molecule has 3 N–H and O–H groups in total. The lowest BCUT2D eigenvalue weighted by molar-refractivity contribution is -0.124. The van der Waals surface area contributed by atoms with Crippen molar-refractivity contribution in [2.75, 3.05) is 6.54 Å². The molecule has 0 radical (unpaired) electrons. The summed E-state index contributed by atoms with van der Waals surface area (Å²) in [6.45, 7) is 6.53. The zero-order valence-electron chi connectivity index (χ0n) is 12.3. The molecule has 114 valence electrons. The van der Waals surface area contributed by atoms with E-state index < -0.39 is 6.04 Å². The second-order valence-electron chi connectivity index (χ2n) is 5.86. The Morgan fingerprint density at radius 1 is 1.30 bits per heavy atom. The lowest BCUT2D eigenvalue weighted by Crippen LogP contribution is -2.48. The first-order valence-electron chi connectivity index (χ1n) is 6.58. The lowest BCUT2D eigenvalue weighted by Gasteiger charge is -2.25. The Labute approximate surface area is 132 Å². The number of benzene rings is 1. The summed E-state index contributed by atoms with van der Waals surface area (Å²) in [5.41, 5.74) is 6.89. The summed E-state index contributed by atoms with van der Waals surface area (Å²) in [4.78, 5) is 11.8. The van der Waals surface area contributed by atoms with Gasteiger partial charge in [0, 0.05) is 11.6 Å². The van der Waals surface area contributed by atoms with Crippen molar-refractivity contribution in [1.82, 2.24) is 5.32 Å². The van der Waals surface area contributed by atoms with Gasteiger partial charge in [0.2, 0.25) is 5.91 Å². The van der Waals surface area contributed by atoms with Crippen LogP contribution in [0.1, 0.15) is 32.8 Å². The first-order chi connectivity index (χ1) is 8.80. The predicted molar refractivity (Wildman–Crippen MR) is 87.5 cm³/mol. The SMILES string of the molecule is CC(C)(C)[C@H](N)C(=O)NCCCc1ccc(Cl)cc1.Cl. The molecule has 0 aliphatic heterocycles. The van der Waals surface area contributed by atoms with Gasteiger partial charge in [-0.05, 0) is 36.0 Å². The molecule has 0 fully saturated rings. The van der Waals surface area contributed by atoms with Gasteiger partial charge in [-0.1, -0.05) is 44.5 Å². The average Bonchev–Trinajstić information content (AvgIpc) is 2.34. The average molecular weight is 319 g/mol. The Morgan fingerprint density at radius 2 is 1.85 bits per heavy atom. The third-order valence-electron chi connectivity index (χ3n) is 3.07. The Morgan fingerprint density at radius 3 is 2.35 bits per heavy atom. The van der Waals surface area contributed by atoms with Gasteiger partial charge in [-0.15, -0.1) is 12.4 Å². The minimum absolute atomic E-state index is 0. The van der Waals surface area contributed by atoms with Gasteiger partial charge in [-0.2, -0.15) is 0 Å². The van der Waals surface area contributed by atoms with Crippen molar-refractivity contribution in [2.24, 2.45) is 11.1 Å². The summed E-state index contributed by atoms with van der Waals surface area (Å²) < 4.78 is 0. The van der Waals surface area contributed by atoms with Crippen molar-refractivity contribution in [3.8, 4) is 0 Å². The van der Waals surface area contributed by atoms with Crippen LogP contribution in [0.25, 0.3) is 0 Å². The van der Waals surface area contributed by atoms with E-state index in [4.69, 9.17) is 17.3 Å². The molecule has 0 bridgehead atoms. The van der Waals surface area contributed by atoms with Crippen molar-refractivity contribution in [3.63, 3.8) is 0 Å². The number of nitrogens with one attached hydrogen (secondary N) is 1. The Bertz CT molecular complexity index is 413. The number of aryl methyl sites for hydroxylation is 1. The monoisotopic (exact) mass is 318 g/mol. The fourth-order valence-corrected chi connectivity index (χ4v) is 1.78. The highest BCUT2D eigenvalue weighted by Gasteiger charge is 2.26. The summed E-state index contributed by atoms with van der Waals surface area (Å²) in [5, 5.41) is 3.62. The second-order valence-corrected chi connectivity index (χ2v) is 6.30. The maximum atomic E-state index is 11.8. The molecule has 0 aliphatic rings. The third kappa shape index (κ3) is 6.60. The van der Waals surface area contributed by atoms with E-state index in [0.717, 1.165) is 17.9 Å². The molecule has 0 spiro atoms. The number of halogens is 2. The number of hydrogen-bond acceptors (Lipinski definition) is 2. The van der Waals surface area contributed by atoms with Gasteiger partial charge in [0.25, 0.3) is 0 Å². The molecule has 1 atom stereocenters. The van der Waals surface area contributed by atoms with Gasteiger partial charge in [0.05, 0.1) is 6.04 Å². The summed E-state index contributed by atoms with van der Waals surface area (Å²) in [7, 11) is 0. The van der Waals surface area contributed by atoms with Gasteiger partial charge in [0.1, 0.15) is 0 Å². The van der Waals surface area contributed by atoms with E-state index in [-0.39, 0.29) is 23.7 Å². The molecule has 0 aliphatic carbocycles. The molecular weight excluding hydrogens is 295 g/mol. The Balaban J connectivity index is 0.00000361. The van der Waals surface area contributed by atoms with E-state index in [1.807, 2.05) is 45.0 Å². The Hall–Kier alpha value is -0.770. The Kier molecular flexibility index (Phi) is 8.17. The van der Waals surface area contributed by atoms with Crippen LogP contribution in [0.4, 0.5) is 0 Å². The van der Waals surface area contributed by atoms with Gasteiger partial charge in [-0.25, -0.2) is 0 Å². The van der Waals surface area contributed by atoms with Crippen LogP contribution < -0.4 is 11.1 Å². The molecule has 0 aromatic heterocycles. The van der Waals surface area contributed by atoms with Crippen LogP contribution in [0.3, 0.4) is 0 Å². The van der Waals surface area contributed by atoms with E-state index in [1.165, 1.54) is 5.56 Å². The second kappa shape index (κ2) is 8.50. The van der Waals surface area contributed by atoms with Crippen molar-refractivity contribution >= 4 is 29.9 Å². The van der Waals surface area contributed by atoms with E-state index in [1.54, 1.807) is 0 Å². The highest BCUT2D eigenvalue weighted by Crippen LogP contribution is 2.17. The number of hydrogen-bond donors (Lipinski definition) is 2. The smallest absolute Gasteiger partial charge is 0.237 e. The molecule has 5 heteroatoms. The van der Waals surface area contributed by atoms with E-state index in [0.29, 0.717) is 6.54 Å². The van der Waals surface area contributed by atoms with Crippen molar-refractivity contribution in [3.05, 3.63) is 34.9 Å². The topological polar surface area (TPSA) is 55.1 Å². The number of amides is 1. The zero-order chi connectivity index (χ0) is 14.5. The maximum absolute atomic E-state index is 11.8. The van der Waals surface area contributed by atoms with E-state index in [9.17, 15) is 4.79 Å². The number of rotatable bonds is 5. The molecule has 1 aromatic carbocycles. The van der Waals surface area contributed by atoms with Crippen LogP contribution in [0.15, 0.2) is 24.3 Å². The van der Waals surface area contributed by atoms with Crippen molar-refractivity contribution in [1.29, 1.82) is 0 Å². The molecule has 0 unspecified atom stereocenters. The van der Waals surface area contributed by atoms with E-state index in [2.05, 4.69) is 5.32 Å². The standard InChI is InChI=1S/C15H23ClN2O.ClH/c1-15(2,3)13(17)14(19)18-10-4-5-11-6-8-12(16)9-7-11;/h6-9,13H,4-5,10,17H2,1-3H3,(H,18,19);1H/t13-;/m1./s1. The van der Waals surface area contributed by atoms with Crippen LogP contribution >= 0.6 is 24.0 Å². The van der Waals surface area contributed by atoms with Gasteiger partial charge >= 0.3 is 0 Å². The van der Waals surface area contributed by atoms with E-state index >= 15 is 0 Å². The summed E-state index contributed by atoms with van der Waals surface area (Å²) >= 11 is 5.82. The summed E-state index contributed by atoms with van der Waals surface area (Å²) in [6.07, 6.45) is 1.81. The lowest BCUT2D eigenvalue weighted by atomic mass is 9.87. The van der Waals surface area contributed by atoms with Crippen LogP contribution in [-0.2, 0) is 11.2 Å². The largest absolute Gasteiger partial charge is 0.355 e. The minimum atomic E-state index is -0.469. The van der Waals surface area contributed by atoms with Gasteiger partial charge < -0.3 is 11.1 Å². The molecule has 0 heterocycles. The first-order valence-corrected chi connectivity index (χ1v) is 6.96. The van der Waals surface area contributed by atoms with Crippen LogP contribution in [0.5, 0.6) is 0 Å². The van der Waals surface area contributed by atoms with Crippen LogP contribution in [-0.4, -0.2) is 18.5 Å². The number of carbonyl (C=O) groups is 1. The van der Waals surface area contributed by atoms with Crippen LogP contribution in [0, 0.1) is 5.41 Å². The molecule has 1 rings (SSSR count). The highest BCUT2D eigenvalue weighted by molar-refractivity contribution is 6.30. The van der Waals surface area contributed by atoms with Crippen molar-refractivity contribution in [2.45, 2.75) is 39.7 Å². The fraction of sp³-hybridized carbons (Fsp3) is 0.533. The molecule has 3 nitrogen and oxygen atoms in total. The molecule has 0 saturated heterocycles. The van der Waals surface area contributed by atoms with Crippen molar-refractivity contribution < 1.29 is 4.79 Å². The third-order valence-corrected chi connectivity index (χ3v) is 3.32. The quantitative estimate of drug-likeness (QED) is 0.819. The summed E-state index contributed by atoms with van der Waals surface area (Å²) in [5.74, 6) is -0.0800. The van der Waals surface area contributed by atoms with Gasteiger partial charge in [0.15, 0.2) is 0 Å². The normalized spacial score (nSPS) is 12.4.